The molecule has 106 valence electrons. The molecule has 3 heteroatoms. The molecule has 0 amide bonds. The number of hydrogen-bond donors (Lipinski definition) is 1. The Kier molecular flexibility index (Phi) is 4.64. The maximum absolute atomic E-state index is 10.4. The second kappa shape index (κ2) is 6.44. The Morgan fingerprint density at radius 2 is 1.85 bits per heavy atom. The Labute approximate surface area is 119 Å². The fourth-order valence-corrected chi connectivity index (χ4v) is 2.24. The fraction of sp³-hybridized carbons (Fsp3) is 0.294. The highest BCUT2D eigenvalue weighted by Crippen LogP contribution is 2.27. The SMILES string of the molecule is COc1cccc(C(O)Cc2cc(C)ccc2OC)c1. The lowest BCUT2D eigenvalue weighted by molar-refractivity contribution is 0.177. The summed E-state index contributed by atoms with van der Waals surface area (Å²) in [5.41, 5.74) is 2.99. The highest BCUT2D eigenvalue weighted by atomic mass is 16.5. The first-order valence-corrected chi connectivity index (χ1v) is 6.59. The highest BCUT2D eigenvalue weighted by molar-refractivity contribution is 5.38. The van der Waals surface area contributed by atoms with Crippen LogP contribution in [0.3, 0.4) is 0 Å². The molecule has 2 rings (SSSR count). The van der Waals surface area contributed by atoms with Crippen molar-refractivity contribution < 1.29 is 14.6 Å². The van der Waals surface area contributed by atoms with E-state index in [1.165, 1.54) is 0 Å². The van der Waals surface area contributed by atoms with E-state index in [0.29, 0.717) is 6.42 Å². The van der Waals surface area contributed by atoms with Gasteiger partial charge in [-0.05, 0) is 36.2 Å². The summed E-state index contributed by atoms with van der Waals surface area (Å²) in [6, 6.07) is 13.5. The molecule has 0 aliphatic heterocycles. The molecular formula is C17H20O3. The van der Waals surface area contributed by atoms with Crippen LogP contribution < -0.4 is 9.47 Å². The van der Waals surface area contributed by atoms with Gasteiger partial charge in [-0.3, -0.25) is 0 Å². The zero-order chi connectivity index (χ0) is 14.5. The summed E-state index contributed by atoms with van der Waals surface area (Å²) < 4.78 is 10.5. The first kappa shape index (κ1) is 14.4. The van der Waals surface area contributed by atoms with Gasteiger partial charge in [0, 0.05) is 6.42 Å². The van der Waals surface area contributed by atoms with Gasteiger partial charge in [-0.15, -0.1) is 0 Å². The molecule has 0 saturated heterocycles. The number of aliphatic hydroxyl groups excluding tert-OH is 1. The average molecular weight is 272 g/mol. The molecule has 0 aliphatic rings. The molecule has 0 radical (unpaired) electrons. The number of rotatable bonds is 5. The number of methoxy groups -OCH3 is 2. The van der Waals surface area contributed by atoms with Gasteiger partial charge >= 0.3 is 0 Å². The Balaban J connectivity index is 2.22. The quantitative estimate of drug-likeness (QED) is 0.907. The van der Waals surface area contributed by atoms with E-state index in [4.69, 9.17) is 9.47 Å². The molecule has 0 aromatic heterocycles. The van der Waals surface area contributed by atoms with Gasteiger partial charge < -0.3 is 14.6 Å². The van der Waals surface area contributed by atoms with E-state index in [0.717, 1.165) is 28.2 Å². The van der Waals surface area contributed by atoms with Crippen molar-refractivity contribution in [1.82, 2.24) is 0 Å². The average Bonchev–Trinajstić information content (AvgIpc) is 2.47. The number of hydrogen-bond acceptors (Lipinski definition) is 3. The predicted octanol–water partition coefficient (Wildman–Crippen LogP) is 3.29. The zero-order valence-corrected chi connectivity index (χ0v) is 12.1. The van der Waals surface area contributed by atoms with Crippen molar-refractivity contribution in [2.45, 2.75) is 19.4 Å². The summed E-state index contributed by atoms with van der Waals surface area (Å²) >= 11 is 0. The molecule has 20 heavy (non-hydrogen) atoms. The van der Waals surface area contributed by atoms with Crippen LogP contribution in [0, 0.1) is 6.92 Å². The lowest BCUT2D eigenvalue weighted by atomic mass is 9.99. The maximum atomic E-state index is 10.4. The standard InChI is InChI=1S/C17H20O3/c1-12-7-8-17(20-3)14(9-12)11-16(18)13-5-4-6-15(10-13)19-2/h4-10,16,18H,11H2,1-3H3. The Morgan fingerprint density at radius 3 is 2.55 bits per heavy atom. The van der Waals surface area contributed by atoms with Gasteiger partial charge in [0.2, 0.25) is 0 Å². The van der Waals surface area contributed by atoms with E-state index in [1.807, 2.05) is 49.4 Å². The van der Waals surface area contributed by atoms with Crippen LogP contribution in [0.15, 0.2) is 42.5 Å². The molecule has 0 fully saturated rings. The molecule has 0 aliphatic carbocycles. The minimum atomic E-state index is -0.583. The van der Waals surface area contributed by atoms with Crippen LogP contribution in [0.1, 0.15) is 22.8 Å². The van der Waals surface area contributed by atoms with Gasteiger partial charge in [-0.25, -0.2) is 0 Å². The third-order valence-corrected chi connectivity index (χ3v) is 3.33. The summed E-state index contributed by atoms with van der Waals surface area (Å²) in [5, 5.41) is 10.4. The van der Waals surface area contributed by atoms with Crippen molar-refractivity contribution >= 4 is 0 Å². The van der Waals surface area contributed by atoms with E-state index in [9.17, 15) is 5.11 Å². The van der Waals surface area contributed by atoms with Crippen molar-refractivity contribution in [2.75, 3.05) is 14.2 Å². The summed E-state index contributed by atoms with van der Waals surface area (Å²) in [6.45, 7) is 2.03. The first-order valence-electron chi connectivity index (χ1n) is 6.59. The highest BCUT2D eigenvalue weighted by Gasteiger charge is 2.13. The summed E-state index contributed by atoms with van der Waals surface area (Å²) in [5.74, 6) is 1.55. The summed E-state index contributed by atoms with van der Waals surface area (Å²) in [4.78, 5) is 0. The molecule has 0 spiro atoms. The van der Waals surface area contributed by atoms with Crippen molar-refractivity contribution in [3.63, 3.8) is 0 Å². The van der Waals surface area contributed by atoms with Crippen LogP contribution in [0.4, 0.5) is 0 Å². The normalized spacial score (nSPS) is 12.0. The van der Waals surface area contributed by atoms with Crippen LogP contribution >= 0.6 is 0 Å². The Bertz CT molecular complexity index is 578. The summed E-state index contributed by atoms with van der Waals surface area (Å²) in [6.07, 6.45) is -0.0707. The van der Waals surface area contributed by atoms with Crippen LogP contribution in [-0.2, 0) is 6.42 Å². The second-order valence-electron chi connectivity index (χ2n) is 4.81. The number of aliphatic hydroxyl groups is 1. The fourth-order valence-electron chi connectivity index (χ4n) is 2.24. The van der Waals surface area contributed by atoms with Gasteiger partial charge in [-0.1, -0.05) is 29.8 Å². The lowest BCUT2D eigenvalue weighted by Crippen LogP contribution is -2.04. The van der Waals surface area contributed by atoms with Crippen molar-refractivity contribution in [2.24, 2.45) is 0 Å². The Morgan fingerprint density at radius 1 is 1.05 bits per heavy atom. The molecule has 1 N–H and O–H groups in total. The minimum absolute atomic E-state index is 0.512. The van der Waals surface area contributed by atoms with Crippen molar-refractivity contribution in [3.05, 3.63) is 59.2 Å². The number of aryl methyl sites for hydroxylation is 1. The van der Waals surface area contributed by atoms with Gasteiger partial charge in [0.05, 0.1) is 20.3 Å². The van der Waals surface area contributed by atoms with Crippen LogP contribution in [0.25, 0.3) is 0 Å². The molecule has 3 nitrogen and oxygen atoms in total. The maximum Gasteiger partial charge on any atom is 0.122 e. The molecule has 0 bridgehead atoms. The van der Waals surface area contributed by atoms with E-state index in [-0.39, 0.29) is 0 Å². The number of benzene rings is 2. The van der Waals surface area contributed by atoms with Crippen molar-refractivity contribution in [3.8, 4) is 11.5 Å². The zero-order valence-electron chi connectivity index (χ0n) is 12.1. The van der Waals surface area contributed by atoms with Gasteiger partial charge in [0.25, 0.3) is 0 Å². The third-order valence-electron chi connectivity index (χ3n) is 3.33. The van der Waals surface area contributed by atoms with Crippen LogP contribution in [-0.4, -0.2) is 19.3 Å². The van der Waals surface area contributed by atoms with E-state index < -0.39 is 6.10 Å². The topological polar surface area (TPSA) is 38.7 Å². The molecule has 1 unspecified atom stereocenters. The lowest BCUT2D eigenvalue weighted by Gasteiger charge is -2.15. The molecule has 0 heterocycles. The van der Waals surface area contributed by atoms with Gasteiger partial charge in [0.1, 0.15) is 11.5 Å². The van der Waals surface area contributed by atoms with Crippen molar-refractivity contribution in [1.29, 1.82) is 0 Å². The smallest absolute Gasteiger partial charge is 0.122 e. The molecule has 0 saturated carbocycles. The van der Waals surface area contributed by atoms with Gasteiger partial charge in [-0.2, -0.15) is 0 Å². The molecular weight excluding hydrogens is 252 g/mol. The first-order chi connectivity index (χ1) is 9.63. The largest absolute Gasteiger partial charge is 0.497 e. The minimum Gasteiger partial charge on any atom is -0.497 e. The van der Waals surface area contributed by atoms with E-state index >= 15 is 0 Å². The monoisotopic (exact) mass is 272 g/mol. The number of ether oxygens (including phenoxy) is 2. The van der Waals surface area contributed by atoms with E-state index in [2.05, 4.69) is 0 Å². The van der Waals surface area contributed by atoms with Crippen LogP contribution in [0.5, 0.6) is 11.5 Å². The second-order valence-corrected chi connectivity index (χ2v) is 4.81. The molecule has 1 atom stereocenters. The van der Waals surface area contributed by atoms with Crippen LogP contribution in [0.2, 0.25) is 0 Å². The van der Waals surface area contributed by atoms with E-state index in [1.54, 1.807) is 14.2 Å². The summed E-state index contributed by atoms with van der Waals surface area (Å²) in [7, 11) is 3.27. The molecule has 2 aromatic carbocycles. The predicted molar refractivity (Wildman–Crippen MR) is 79.4 cm³/mol. The molecule has 2 aromatic rings. The third kappa shape index (κ3) is 3.31. The van der Waals surface area contributed by atoms with Gasteiger partial charge in [0.15, 0.2) is 0 Å². The Hall–Kier alpha value is -2.00.